The number of esters is 1. The van der Waals surface area contributed by atoms with Crippen LogP contribution in [0.5, 0.6) is 5.75 Å². The largest absolute Gasteiger partial charge is 0.508 e. The molecule has 2 atom stereocenters. The molecule has 0 fully saturated rings. The molecule has 100 valence electrons. The first-order valence-corrected chi connectivity index (χ1v) is 6.08. The molecule has 18 heavy (non-hydrogen) atoms. The van der Waals surface area contributed by atoms with Gasteiger partial charge in [0.2, 0.25) is 0 Å². The lowest BCUT2D eigenvalue weighted by Crippen LogP contribution is -2.42. The molecule has 4 nitrogen and oxygen atoms in total. The topological polar surface area (TPSA) is 58.6 Å². The lowest BCUT2D eigenvalue weighted by Gasteiger charge is -2.24. The van der Waals surface area contributed by atoms with Crippen LogP contribution in [-0.2, 0) is 9.53 Å². The molecule has 2 N–H and O–H groups in total. The van der Waals surface area contributed by atoms with Crippen molar-refractivity contribution in [3.05, 3.63) is 29.8 Å². The van der Waals surface area contributed by atoms with Crippen LogP contribution in [0.25, 0.3) is 0 Å². The van der Waals surface area contributed by atoms with Crippen molar-refractivity contribution in [1.29, 1.82) is 0 Å². The Bertz CT molecular complexity index is 404. The number of methoxy groups -OCH3 is 1. The molecule has 0 aromatic heterocycles. The highest BCUT2D eigenvalue weighted by molar-refractivity contribution is 5.76. The van der Waals surface area contributed by atoms with Gasteiger partial charge in [-0.15, -0.1) is 0 Å². The fourth-order valence-electron chi connectivity index (χ4n) is 1.82. The first-order valence-electron chi connectivity index (χ1n) is 6.08. The zero-order valence-electron chi connectivity index (χ0n) is 11.3. The van der Waals surface area contributed by atoms with Gasteiger partial charge in [-0.05, 0) is 30.5 Å². The minimum atomic E-state index is -0.354. The molecule has 1 aromatic rings. The van der Waals surface area contributed by atoms with Crippen molar-refractivity contribution in [3.63, 3.8) is 0 Å². The lowest BCUT2D eigenvalue weighted by atomic mass is 10.0. The van der Waals surface area contributed by atoms with E-state index in [1.807, 2.05) is 26.8 Å². The van der Waals surface area contributed by atoms with Gasteiger partial charge < -0.3 is 9.84 Å². The van der Waals surface area contributed by atoms with Crippen molar-refractivity contribution in [2.24, 2.45) is 5.92 Å². The number of carbonyl (C=O) groups excluding carboxylic acids is 1. The number of phenols is 1. The third kappa shape index (κ3) is 3.74. The second-order valence-corrected chi connectivity index (χ2v) is 4.73. The summed E-state index contributed by atoms with van der Waals surface area (Å²) in [5, 5.41) is 12.7. The molecule has 0 saturated carbocycles. The molecule has 0 amide bonds. The van der Waals surface area contributed by atoms with Gasteiger partial charge in [-0.25, -0.2) is 0 Å². The lowest BCUT2D eigenvalue weighted by molar-refractivity contribution is -0.144. The fraction of sp³-hybridized carbons (Fsp3) is 0.500. The van der Waals surface area contributed by atoms with Gasteiger partial charge in [0.15, 0.2) is 0 Å². The van der Waals surface area contributed by atoms with Crippen LogP contribution in [0.1, 0.15) is 32.4 Å². The van der Waals surface area contributed by atoms with E-state index in [1.54, 1.807) is 18.2 Å². The Morgan fingerprint density at radius 2 is 2.00 bits per heavy atom. The molecule has 0 spiro atoms. The van der Waals surface area contributed by atoms with E-state index in [9.17, 15) is 9.90 Å². The van der Waals surface area contributed by atoms with E-state index in [4.69, 9.17) is 4.74 Å². The molecule has 0 saturated heterocycles. The van der Waals surface area contributed by atoms with Crippen molar-refractivity contribution >= 4 is 5.97 Å². The predicted molar refractivity (Wildman–Crippen MR) is 70.3 cm³/mol. The summed E-state index contributed by atoms with van der Waals surface area (Å²) in [6, 6.07) is 6.61. The van der Waals surface area contributed by atoms with Crippen LogP contribution in [0.2, 0.25) is 0 Å². The molecule has 2 unspecified atom stereocenters. The quantitative estimate of drug-likeness (QED) is 0.788. The highest BCUT2D eigenvalue weighted by Gasteiger charge is 2.24. The van der Waals surface area contributed by atoms with Crippen molar-refractivity contribution in [2.75, 3.05) is 7.11 Å². The second-order valence-electron chi connectivity index (χ2n) is 4.73. The number of nitrogens with one attached hydrogen (secondary N) is 1. The van der Waals surface area contributed by atoms with Crippen LogP contribution in [0.15, 0.2) is 24.3 Å². The smallest absolute Gasteiger partial charge is 0.323 e. The van der Waals surface area contributed by atoms with Crippen molar-refractivity contribution in [2.45, 2.75) is 32.9 Å². The Hall–Kier alpha value is -1.55. The van der Waals surface area contributed by atoms with Crippen LogP contribution in [0.4, 0.5) is 0 Å². The second kappa shape index (κ2) is 6.40. The summed E-state index contributed by atoms with van der Waals surface area (Å²) in [6.45, 7) is 5.88. The standard InChI is InChI=1S/C14H21NO3/c1-9(2)13(14(17)18-4)15-10(3)11-6-5-7-12(16)8-11/h5-10,13,15-16H,1-4H3. The summed E-state index contributed by atoms with van der Waals surface area (Å²) in [6.07, 6.45) is 0. The number of benzene rings is 1. The number of carbonyl (C=O) groups is 1. The van der Waals surface area contributed by atoms with Gasteiger partial charge >= 0.3 is 5.97 Å². The van der Waals surface area contributed by atoms with E-state index >= 15 is 0 Å². The highest BCUT2D eigenvalue weighted by atomic mass is 16.5. The molecule has 0 bridgehead atoms. The summed E-state index contributed by atoms with van der Waals surface area (Å²) in [7, 11) is 1.39. The van der Waals surface area contributed by atoms with E-state index in [2.05, 4.69) is 5.32 Å². The number of rotatable bonds is 5. The zero-order chi connectivity index (χ0) is 13.7. The Labute approximate surface area is 108 Å². The SMILES string of the molecule is COC(=O)C(NC(C)c1cccc(O)c1)C(C)C. The van der Waals surface area contributed by atoms with E-state index in [-0.39, 0.29) is 29.7 Å². The summed E-state index contributed by atoms with van der Waals surface area (Å²) >= 11 is 0. The molecular formula is C14H21NO3. The summed E-state index contributed by atoms with van der Waals surface area (Å²) in [4.78, 5) is 11.7. The van der Waals surface area contributed by atoms with Gasteiger partial charge in [-0.1, -0.05) is 26.0 Å². The van der Waals surface area contributed by atoms with Gasteiger partial charge in [0.05, 0.1) is 7.11 Å². The van der Waals surface area contributed by atoms with Crippen LogP contribution in [-0.4, -0.2) is 24.2 Å². The Morgan fingerprint density at radius 1 is 1.33 bits per heavy atom. The van der Waals surface area contributed by atoms with Gasteiger partial charge in [-0.2, -0.15) is 0 Å². The fourth-order valence-corrected chi connectivity index (χ4v) is 1.82. The van der Waals surface area contributed by atoms with Gasteiger partial charge in [0.25, 0.3) is 0 Å². The molecule has 0 aliphatic carbocycles. The number of hydrogen-bond acceptors (Lipinski definition) is 4. The van der Waals surface area contributed by atoms with E-state index in [0.717, 1.165) is 5.56 Å². The number of aromatic hydroxyl groups is 1. The molecular weight excluding hydrogens is 230 g/mol. The Kier molecular flexibility index (Phi) is 5.16. The third-order valence-corrected chi connectivity index (χ3v) is 2.92. The van der Waals surface area contributed by atoms with Crippen LogP contribution >= 0.6 is 0 Å². The first kappa shape index (κ1) is 14.5. The maximum absolute atomic E-state index is 11.7. The maximum atomic E-state index is 11.7. The first-order chi connectivity index (χ1) is 8.45. The van der Waals surface area contributed by atoms with Gasteiger partial charge in [0.1, 0.15) is 11.8 Å². The average Bonchev–Trinajstić information content (AvgIpc) is 2.34. The van der Waals surface area contributed by atoms with E-state index < -0.39 is 0 Å². The third-order valence-electron chi connectivity index (χ3n) is 2.92. The monoisotopic (exact) mass is 251 g/mol. The van der Waals surface area contributed by atoms with Crippen molar-refractivity contribution in [1.82, 2.24) is 5.32 Å². The van der Waals surface area contributed by atoms with Gasteiger partial charge in [0, 0.05) is 6.04 Å². The van der Waals surface area contributed by atoms with Crippen LogP contribution in [0, 0.1) is 5.92 Å². The molecule has 1 rings (SSSR count). The number of hydrogen-bond donors (Lipinski definition) is 2. The van der Waals surface area contributed by atoms with Crippen LogP contribution < -0.4 is 5.32 Å². The summed E-state index contributed by atoms with van der Waals surface area (Å²) in [5.41, 5.74) is 0.935. The maximum Gasteiger partial charge on any atom is 0.323 e. The Morgan fingerprint density at radius 3 is 2.50 bits per heavy atom. The molecule has 0 aliphatic rings. The Balaban J connectivity index is 2.78. The van der Waals surface area contributed by atoms with Crippen LogP contribution in [0.3, 0.4) is 0 Å². The zero-order valence-corrected chi connectivity index (χ0v) is 11.3. The van der Waals surface area contributed by atoms with Crippen molar-refractivity contribution < 1.29 is 14.6 Å². The molecule has 0 heterocycles. The molecule has 0 radical (unpaired) electrons. The molecule has 0 aliphatic heterocycles. The average molecular weight is 251 g/mol. The minimum Gasteiger partial charge on any atom is -0.508 e. The van der Waals surface area contributed by atoms with E-state index in [1.165, 1.54) is 7.11 Å². The predicted octanol–water partition coefficient (Wildman–Crippen LogP) is 2.24. The number of ether oxygens (including phenoxy) is 1. The summed E-state index contributed by atoms with van der Waals surface area (Å²) in [5.74, 6) is 0.0922. The van der Waals surface area contributed by atoms with E-state index in [0.29, 0.717) is 0 Å². The minimum absolute atomic E-state index is 0.0383. The molecule has 1 aromatic carbocycles. The molecule has 4 heteroatoms. The van der Waals surface area contributed by atoms with Crippen molar-refractivity contribution in [3.8, 4) is 5.75 Å². The summed E-state index contributed by atoms with van der Waals surface area (Å²) < 4.78 is 4.78. The highest BCUT2D eigenvalue weighted by Crippen LogP contribution is 2.19. The number of phenolic OH excluding ortho intramolecular Hbond substituents is 1. The van der Waals surface area contributed by atoms with Gasteiger partial charge in [-0.3, -0.25) is 10.1 Å². The normalized spacial score (nSPS) is 14.3.